The van der Waals surface area contributed by atoms with E-state index in [9.17, 15) is 9.59 Å². The van der Waals surface area contributed by atoms with Crippen LogP contribution in [0.25, 0.3) is 11.4 Å². The molecule has 0 N–H and O–H groups in total. The Morgan fingerprint density at radius 2 is 1.96 bits per heavy atom. The zero-order chi connectivity index (χ0) is 18.7. The lowest BCUT2D eigenvalue weighted by Crippen LogP contribution is -2.58. The third kappa shape index (κ3) is 3.71. The fraction of sp³-hybridized carbons (Fsp3) is 0.421. The molecule has 1 aliphatic heterocycles. The molecule has 26 heavy (non-hydrogen) atoms. The van der Waals surface area contributed by atoms with Crippen LogP contribution in [0, 0.1) is 5.92 Å². The summed E-state index contributed by atoms with van der Waals surface area (Å²) in [5.41, 5.74) is 1.17. The molecular formula is C19H23N5O2. The highest BCUT2D eigenvalue weighted by molar-refractivity contribution is 5.97. The van der Waals surface area contributed by atoms with Gasteiger partial charge in [-0.05, 0) is 25.0 Å². The second-order valence-corrected chi connectivity index (χ2v) is 6.89. The summed E-state index contributed by atoms with van der Waals surface area (Å²) in [6.07, 6.45) is 6.37. The summed E-state index contributed by atoms with van der Waals surface area (Å²) >= 11 is 0. The number of hydrogen-bond donors (Lipinski definition) is 0. The van der Waals surface area contributed by atoms with Gasteiger partial charge >= 0.3 is 0 Å². The Balaban J connectivity index is 1.72. The lowest BCUT2D eigenvalue weighted by Gasteiger charge is -2.39. The van der Waals surface area contributed by atoms with Crippen molar-refractivity contribution in [3.05, 3.63) is 42.5 Å². The largest absolute Gasteiger partial charge is 0.339 e. The zero-order valence-corrected chi connectivity index (χ0v) is 15.3. The Kier molecular flexibility index (Phi) is 5.25. The van der Waals surface area contributed by atoms with Crippen molar-refractivity contribution < 1.29 is 9.59 Å². The maximum atomic E-state index is 12.8. The van der Waals surface area contributed by atoms with Crippen molar-refractivity contribution in [2.45, 2.75) is 26.8 Å². The van der Waals surface area contributed by atoms with Gasteiger partial charge in [0.15, 0.2) is 5.82 Å². The molecule has 0 radical (unpaired) electrons. The molecule has 0 aromatic carbocycles. The highest BCUT2D eigenvalue weighted by atomic mass is 16.2. The summed E-state index contributed by atoms with van der Waals surface area (Å²) in [4.78, 5) is 41.3. The molecule has 0 spiro atoms. The van der Waals surface area contributed by atoms with Crippen molar-refractivity contribution in [1.29, 1.82) is 0 Å². The van der Waals surface area contributed by atoms with Crippen molar-refractivity contribution >= 4 is 11.8 Å². The molecule has 0 saturated carbocycles. The van der Waals surface area contributed by atoms with Gasteiger partial charge in [0.25, 0.3) is 5.91 Å². The van der Waals surface area contributed by atoms with Gasteiger partial charge in [-0.2, -0.15) is 0 Å². The van der Waals surface area contributed by atoms with Crippen molar-refractivity contribution in [1.82, 2.24) is 24.8 Å². The smallest absolute Gasteiger partial charge is 0.257 e. The summed E-state index contributed by atoms with van der Waals surface area (Å²) in [6.45, 7) is 7.73. The standard InChI is InChI=1S/C19H23N5O2/c1-13(2)12-23-7-8-24(14(3)18(23)25)19(26)16-10-21-17(22-11-16)15-5-4-6-20-9-15/h4-6,9-11,13-14H,7-8,12H2,1-3H3. The maximum absolute atomic E-state index is 12.8. The number of carbonyl (C=O) groups excluding carboxylic acids is 2. The quantitative estimate of drug-likeness (QED) is 0.838. The van der Waals surface area contributed by atoms with E-state index in [2.05, 4.69) is 28.8 Å². The Morgan fingerprint density at radius 3 is 2.58 bits per heavy atom. The molecule has 3 heterocycles. The van der Waals surface area contributed by atoms with E-state index >= 15 is 0 Å². The summed E-state index contributed by atoms with van der Waals surface area (Å²) in [5, 5.41) is 0. The summed E-state index contributed by atoms with van der Waals surface area (Å²) in [6, 6.07) is 3.19. The number of hydrogen-bond acceptors (Lipinski definition) is 5. The van der Waals surface area contributed by atoms with Crippen molar-refractivity contribution in [2.75, 3.05) is 19.6 Å². The van der Waals surface area contributed by atoms with Crippen LogP contribution in [0.5, 0.6) is 0 Å². The van der Waals surface area contributed by atoms with Gasteiger partial charge in [-0.1, -0.05) is 13.8 Å². The number of pyridine rings is 1. The van der Waals surface area contributed by atoms with Gasteiger partial charge in [0.1, 0.15) is 6.04 Å². The fourth-order valence-electron chi connectivity index (χ4n) is 3.08. The maximum Gasteiger partial charge on any atom is 0.257 e. The van der Waals surface area contributed by atoms with Gasteiger partial charge in [0, 0.05) is 50.0 Å². The predicted molar refractivity (Wildman–Crippen MR) is 97.2 cm³/mol. The van der Waals surface area contributed by atoms with E-state index < -0.39 is 6.04 Å². The van der Waals surface area contributed by atoms with Crippen LogP contribution >= 0.6 is 0 Å². The molecule has 1 atom stereocenters. The van der Waals surface area contributed by atoms with Gasteiger partial charge < -0.3 is 9.80 Å². The van der Waals surface area contributed by atoms with E-state index in [-0.39, 0.29) is 11.8 Å². The molecule has 1 unspecified atom stereocenters. The van der Waals surface area contributed by atoms with Crippen LogP contribution in [0.4, 0.5) is 0 Å². The van der Waals surface area contributed by atoms with E-state index in [1.54, 1.807) is 24.2 Å². The summed E-state index contributed by atoms with van der Waals surface area (Å²) in [7, 11) is 0. The molecule has 3 rings (SSSR count). The zero-order valence-electron chi connectivity index (χ0n) is 15.3. The van der Waals surface area contributed by atoms with E-state index in [1.165, 1.54) is 12.4 Å². The monoisotopic (exact) mass is 353 g/mol. The van der Waals surface area contributed by atoms with Gasteiger partial charge in [0.05, 0.1) is 5.56 Å². The van der Waals surface area contributed by atoms with Crippen LogP contribution in [0.1, 0.15) is 31.1 Å². The minimum Gasteiger partial charge on any atom is -0.339 e. The van der Waals surface area contributed by atoms with Gasteiger partial charge in [0.2, 0.25) is 5.91 Å². The Labute approximate surface area is 153 Å². The minimum absolute atomic E-state index is 0.00815. The van der Waals surface area contributed by atoms with E-state index in [0.717, 1.165) is 5.56 Å². The molecule has 0 bridgehead atoms. The second-order valence-electron chi connectivity index (χ2n) is 6.89. The van der Waals surface area contributed by atoms with Crippen LogP contribution in [0.3, 0.4) is 0 Å². The third-order valence-corrected chi connectivity index (χ3v) is 4.41. The SMILES string of the molecule is CC(C)CN1CCN(C(=O)c2cnc(-c3cccnc3)nc2)C(C)C1=O. The first kappa shape index (κ1) is 18.0. The number of amides is 2. The van der Waals surface area contributed by atoms with Crippen LogP contribution in [0.15, 0.2) is 36.9 Å². The van der Waals surface area contributed by atoms with Gasteiger partial charge in [-0.15, -0.1) is 0 Å². The Hall–Kier alpha value is -2.83. The normalized spacial score (nSPS) is 17.7. The molecule has 0 aliphatic carbocycles. The highest BCUT2D eigenvalue weighted by Crippen LogP contribution is 2.17. The molecular weight excluding hydrogens is 330 g/mol. The minimum atomic E-state index is -0.479. The number of nitrogens with zero attached hydrogens (tertiary/aromatic N) is 5. The van der Waals surface area contributed by atoms with Gasteiger partial charge in [-0.25, -0.2) is 9.97 Å². The van der Waals surface area contributed by atoms with Crippen LogP contribution < -0.4 is 0 Å². The third-order valence-electron chi connectivity index (χ3n) is 4.41. The molecule has 2 aromatic rings. The molecule has 1 saturated heterocycles. The van der Waals surface area contributed by atoms with E-state index in [4.69, 9.17) is 0 Å². The molecule has 7 nitrogen and oxygen atoms in total. The number of rotatable bonds is 4. The topological polar surface area (TPSA) is 79.3 Å². The number of piperazine rings is 1. The van der Waals surface area contributed by atoms with Crippen LogP contribution in [0.2, 0.25) is 0 Å². The van der Waals surface area contributed by atoms with E-state index in [0.29, 0.717) is 36.9 Å². The Bertz CT molecular complexity index is 776. The van der Waals surface area contributed by atoms with Crippen LogP contribution in [-0.4, -0.2) is 62.2 Å². The first-order chi connectivity index (χ1) is 12.5. The lowest BCUT2D eigenvalue weighted by molar-refractivity contribution is -0.140. The lowest BCUT2D eigenvalue weighted by atomic mass is 10.1. The Morgan fingerprint density at radius 1 is 1.23 bits per heavy atom. The van der Waals surface area contributed by atoms with Gasteiger partial charge in [-0.3, -0.25) is 14.6 Å². The second kappa shape index (κ2) is 7.59. The molecule has 136 valence electrons. The molecule has 1 aliphatic rings. The van der Waals surface area contributed by atoms with Crippen LogP contribution in [-0.2, 0) is 4.79 Å². The molecule has 7 heteroatoms. The summed E-state index contributed by atoms with van der Waals surface area (Å²) in [5.74, 6) is 0.696. The average molecular weight is 353 g/mol. The number of aromatic nitrogens is 3. The van der Waals surface area contributed by atoms with Crippen molar-refractivity contribution in [2.24, 2.45) is 5.92 Å². The number of carbonyl (C=O) groups is 2. The average Bonchev–Trinajstić information content (AvgIpc) is 2.66. The fourth-order valence-corrected chi connectivity index (χ4v) is 3.08. The molecule has 1 fully saturated rings. The first-order valence-electron chi connectivity index (χ1n) is 8.79. The summed E-state index contributed by atoms with van der Waals surface area (Å²) < 4.78 is 0. The molecule has 2 aromatic heterocycles. The first-order valence-corrected chi connectivity index (χ1v) is 8.79. The predicted octanol–water partition coefficient (Wildman–Crippen LogP) is 1.87. The van der Waals surface area contributed by atoms with Crippen molar-refractivity contribution in [3.63, 3.8) is 0 Å². The highest BCUT2D eigenvalue weighted by Gasteiger charge is 2.34. The van der Waals surface area contributed by atoms with Crippen molar-refractivity contribution in [3.8, 4) is 11.4 Å². The molecule has 2 amide bonds. The van der Waals surface area contributed by atoms with E-state index in [1.807, 2.05) is 17.0 Å².